The molecule has 0 spiro atoms. The number of hydrogen-bond acceptors (Lipinski definition) is 6. The van der Waals surface area contributed by atoms with E-state index in [1.807, 2.05) is 6.08 Å². The average molecular weight is 285 g/mol. The number of hydrogen-bond donors (Lipinski definition) is 3. The minimum atomic E-state index is -1.87. The first kappa shape index (κ1) is 15.4. The topological polar surface area (TPSA) is 90.2 Å². The fourth-order valence-corrected chi connectivity index (χ4v) is 2.99. The molecule has 0 aromatic rings. The summed E-state index contributed by atoms with van der Waals surface area (Å²) in [5.74, 6) is -0.786. The van der Waals surface area contributed by atoms with Crippen molar-refractivity contribution >= 4 is 5.97 Å². The molecular formula is C14H23NO5. The Bertz CT molecular complexity index is 408. The van der Waals surface area contributed by atoms with Crippen LogP contribution in [0.15, 0.2) is 11.6 Å². The van der Waals surface area contributed by atoms with Gasteiger partial charge in [0.2, 0.25) is 0 Å². The van der Waals surface area contributed by atoms with Crippen LogP contribution in [0.1, 0.15) is 26.7 Å². The molecule has 2 aliphatic heterocycles. The lowest BCUT2D eigenvalue weighted by atomic mass is 9.94. The van der Waals surface area contributed by atoms with E-state index in [1.54, 1.807) is 6.92 Å². The number of nitrogens with zero attached hydrogens (tertiary/aromatic N) is 1. The lowest BCUT2D eigenvalue weighted by molar-refractivity contribution is -0.183. The molecule has 20 heavy (non-hydrogen) atoms. The van der Waals surface area contributed by atoms with Gasteiger partial charge in [0, 0.05) is 13.1 Å². The van der Waals surface area contributed by atoms with Crippen molar-refractivity contribution in [2.45, 2.75) is 50.5 Å². The second-order valence-electron chi connectivity index (χ2n) is 5.56. The minimum absolute atomic E-state index is 0.0519. The molecule has 2 rings (SSSR count). The molecule has 1 fully saturated rings. The Kier molecular flexibility index (Phi) is 4.49. The summed E-state index contributed by atoms with van der Waals surface area (Å²) in [6.07, 6.45) is 1.15. The van der Waals surface area contributed by atoms with Crippen molar-refractivity contribution in [2.75, 3.05) is 19.7 Å². The van der Waals surface area contributed by atoms with E-state index >= 15 is 0 Å². The minimum Gasteiger partial charge on any atom is -0.458 e. The molecule has 1 saturated heterocycles. The number of aliphatic hydroxyl groups is 3. The second-order valence-corrected chi connectivity index (χ2v) is 5.56. The van der Waals surface area contributed by atoms with Crippen molar-refractivity contribution < 1.29 is 24.9 Å². The Hall–Kier alpha value is -0.950. The number of carbonyl (C=O) groups is 1. The maximum atomic E-state index is 12.1. The van der Waals surface area contributed by atoms with Gasteiger partial charge in [0.15, 0.2) is 5.60 Å². The van der Waals surface area contributed by atoms with E-state index in [4.69, 9.17) is 4.74 Å². The van der Waals surface area contributed by atoms with Crippen molar-refractivity contribution in [3.05, 3.63) is 11.6 Å². The van der Waals surface area contributed by atoms with Crippen molar-refractivity contribution in [3.8, 4) is 0 Å². The van der Waals surface area contributed by atoms with Crippen LogP contribution in [0, 0.1) is 0 Å². The van der Waals surface area contributed by atoms with Crippen LogP contribution >= 0.6 is 0 Å². The van der Waals surface area contributed by atoms with Crippen molar-refractivity contribution in [3.63, 3.8) is 0 Å². The monoisotopic (exact) mass is 285 g/mol. The molecule has 0 bridgehead atoms. The van der Waals surface area contributed by atoms with Crippen LogP contribution in [0.4, 0.5) is 0 Å². The standard InChI is InChI=1S/C14H23NO5/c1-3-14(19,9(2)17)13(18)20-11-5-7-15-6-4-10(8-16)12(11)15/h4,9,11-12,16-17,19H,3,5-8H2,1-2H3/t9?,11-,12-,14?/m1/s1. The van der Waals surface area contributed by atoms with Gasteiger partial charge in [0.05, 0.1) is 18.8 Å². The van der Waals surface area contributed by atoms with Gasteiger partial charge in [-0.25, -0.2) is 4.79 Å². The zero-order valence-corrected chi connectivity index (χ0v) is 12.0. The number of aliphatic hydroxyl groups excluding tert-OH is 2. The first-order valence-corrected chi connectivity index (χ1v) is 7.09. The molecule has 114 valence electrons. The number of esters is 1. The van der Waals surface area contributed by atoms with Crippen LogP contribution in [0.3, 0.4) is 0 Å². The quantitative estimate of drug-likeness (QED) is 0.463. The number of rotatable bonds is 5. The average Bonchev–Trinajstić information content (AvgIpc) is 3.00. The third kappa shape index (κ3) is 2.48. The summed E-state index contributed by atoms with van der Waals surface area (Å²) < 4.78 is 5.43. The second kappa shape index (κ2) is 5.81. The van der Waals surface area contributed by atoms with Gasteiger partial charge in [0.25, 0.3) is 0 Å². The van der Waals surface area contributed by atoms with E-state index in [2.05, 4.69) is 4.90 Å². The van der Waals surface area contributed by atoms with Crippen LogP contribution in [-0.2, 0) is 9.53 Å². The third-order valence-electron chi connectivity index (χ3n) is 4.44. The summed E-state index contributed by atoms with van der Waals surface area (Å²) in [6, 6.07) is -0.0981. The maximum absolute atomic E-state index is 12.1. The zero-order valence-electron chi connectivity index (χ0n) is 12.0. The van der Waals surface area contributed by atoms with Crippen LogP contribution in [0.5, 0.6) is 0 Å². The fourth-order valence-electron chi connectivity index (χ4n) is 2.99. The Balaban J connectivity index is 2.07. The lowest BCUT2D eigenvalue weighted by Gasteiger charge is -2.30. The Labute approximate surface area is 118 Å². The Morgan fingerprint density at radius 2 is 2.35 bits per heavy atom. The van der Waals surface area contributed by atoms with Gasteiger partial charge in [-0.3, -0.25) is 4.90 Å². The highest BCUT2D eigenvalue weighted by Gasteiger charge is 2.46. The van der Waals surface area contributed by atoms with Crippen molar-refractivity contribution in [1.82, 2.24) is 4.90 Å². The summed E-state index contributed by atoms with van der Waals surface area (Å²) in [4.78, 5) is 14.3. The number of carbonyl (C=O) groups excluding carboxylic acids is 1. The summed E-state index contributed by atoms with van der Waals surface area (Å²) in [7, 11) is 0. The molecule has 2 heterocycles. The molecule has 0 aromatic heterocycles. The number of ether oxygens (including phenoxy) is 1. The first-order valence-electron chi connectivity index (χ1n) is 7.09. The van der Waals surface area contributed by atoms with E-state index in [-0.39, 0.29) is 25.2 Å². The van der Waals surface area contributed by atoms with Gasteiger partial charge >= 0.3 is 5.97 Å². The van der Waals surface area contributed by atoms with E-state index < -0.39 is 17.7 Å². The largest absolute Gasteiger partial charge is 0.458 e. The maximum Gasteiger partial charge on any atom is 0.341 e. The highest BCUT2D eigenvalue weighted by atomic mass is 16.6. The summed E-state index contributed by atoms with van der Waals surface area (Å²) >= 11 is 0. The first-order chi connectivity index (χ1) is 9.43. The highest BCUT2D eigenvalue weighted by molar-refractivity contribution is 5.80. The Morgan fingerprint density at radius 1 is 1.65 bits per heavy atom. The Morgan fingerprint density at radius 3 is 2.90 bits per heavy atom. The molecule has 3 N–H and O–H groups in total. The zero-order chi connectivity index (χ0) is 14.9. The molecule has 0 radical (unpaired) electrons. The number of fused-ring (bicyclic) bond motifs is 1. The lowest BCUT2D eigenvalue weighted by Crippen LogP contribution is -2.50. The SMILES string of the molecule is CCC(O)(C(=O)O[C@@H]1CCN2CC=C(CO)[C@H]12)C(C)O. The van der Waals surface area contributed by atoms with E-state index in [0.717, 1.165) is 18.7 Å². The molecule has 4 atom stereocenters. The van der Waals surface area contributed by atoms with Crippen LogP contribution < -0.4 is 0 Å². The highest BCUT2D eigenvalue weighted by Crippen LogP contribution is 2.32. The van der Waals surface area contributed by atoms with Crippen LogP contribution in [0.2, 0.25) is 0 Å². The molecule has 0 aliphatic carbocycles. The van der Waals surface area contributed by atoms with E-state index in [0.29, 0.717) is 6.42 Å². The van der Waals surface area contributed by atoms with Crippen LogP contribution in [0.25, 0.3) is 0 Å². The van der Waals surface area contributed by atoms with Gasteiger partial charge in [-0.2, -0.15) is 0 Å². The van der Waals surface area contributed by atoms with Gasteiger partial charge in [-0.15, -0.1) is 0 Å². The molecule has 0 saturated carbocycles. The van der Waals surface area contributed by atoms with Gasteiger partial charge in [-0.1, -0.05) is 13.0 Å². The molecule has 2 unspecified atom stereocenters. The van der Waals surface area contributed by atoms with E-state index in [1.165, 1.54) is 6.92 Å². The summed E-state index contributed by atoms with van der Waals surface area (Å²) in [5.41, 5.74) is -1.01. The fraction of sp³-hybridized carbons (Fsp3) is 0.786. The van der Waals surface area contributed by atoms with E-state index in [9.17, 15) is 20.1 Å². The van der Waals surface area contributed by atoms with Gasteiger partial charge in [0.1, 0.15) is 6.10 Å². The third-order valence-corrected chi connectivity index (χ3v) is 4.44. The predicted molar refractivity (Wildman–Crippen MR) is 71.9 cm³/mol. The van der Waals surface area contributed by atoms with Gasteiger partial charge in [-0.05, 0) is 25.3 Å². The molecule has 6 nitrogen and oxygen atoms in total. The summed E-state index contributed by atoms with van der Waals surface area (Å²) in [6.45, 7) is 4.50. The smallest absolute Gasteiger partial charge is 0.341 e. The van der Waals surface area contributed by atoms with Gasteiger partial charge < -0.3 is 20.1 Å². The van der Waals surface area contributed by atoms with Crippen LogP contribution in [-0.4, -0.2) is 69.7 Å². The molecule has 0 aromatic carbocycles. The van der Waals surface area contributed by atoms with Crippen molar-refractivity contribution in [1.29, 1.82) is 0 Å². The van der Waals surface area contributed by atoms with Crippen molar-refractivity contribution in [2.24, 2.45) is 0 Å². The molecule has 0 amide bonds. The molecule has 6 heteroatoms. The molecule has 2 aliphatic rings. The summed E-state index contributed by atoms with van der Waals surface area (Å²) in [5, 5.41) is 29.1. The normalized spacial score (nSPS) is 30.6. The molecular weight excluding hydrogens is 262 g/mol. The predicted octanol–water partition coefficient (Wildman–Crippen LogP) is -0.573.